The smallest absolute Gasteiger partial charge is 0.233 e. The van der Waals surface area contributed by atoms with Gasteiger partial charge < -0.3 is 14.5 Å². The second-order valence-electron chi connectivity index (χ2n) is 8.83. The molecule has 0 radical (unpaired) electrons. The highest BCUT2D eigenvalue weighted by Gasteiger charge is 2.35. The van der Waals surface area contributed by atoms with E-state index in [-0.39, 0.29) is 35.4 Å². The van der Waals surface area contributed by atoms with E-state index >= 15 is 0 Å². The average molecular weight is 474 g/mol. The number of benzene rings is 1. The second-order valence-corrected chi connectivity index (χ2v) is 9.77. The lowest BCUT2D eigenvalue weighted by Crippen LogP contribution is -2.51. The van der Waals surface area contributed by atoms with Crippen molar-refractivity contribution < 1.29 is 18.7 Å². The van der Waals surface area contributed by atoms with Gasteiger partial charge in [-0.25, -0.2) is 4.39 Å². The lowest BCUT2D eigenvalue weighted by atomic mass is 10.2. The van der Waals surface area contributed by atoms with Gasteiger partial charge in [0.15, 0.2) is 11.0 Å². The molecule has 0 N–H and O–H groups in total. The van der Waals surface area contributed by atoms with Crippen LogP contribution in [0.5, 0.6) is 0 Å². The molecule has 10 heteroatoms. The Bertz CT molecular complexity index is 996. The van der Waals surface area contributed by atoms with Gasteiger partial charge in [0.1, 0.15) is 5.82 Å². The van der Waals surface area contributed by atoms with Gasteiger partial charge in [-0.15, -0.1) is 10.2 Å². The molecule has 2 saturated heterocycles. The van der Waals surface area contributed by atoms with E-state index < -0.39 is 0 Å². The zero-order chi connectivity index (χ0) is 22.8. The molecule has 5 rings (SSSR count). The van der Waals surface area contributed by atoms with E-state index in [0.717, 1.165) is 37.9 Å². The molecule has 1 aromatic heterocycles. The highest BCUT2D eigenvalue weighted by molar-refractivity contribution is 7.99. The van der Waals surface area contributed by atoms with Crippen molar-refractivity contribution >= 4 is 23.6 Å². The monoisotopic (exact) mass is 473 g/mol. The lowest BCUT2D eigenvalue weighted by Gasteiger charge is -2.34. The van der Waals surface area contributed by atoms with Crippen molar-refractivity contribution in [2.24, 2.45) is 5.92 Å². The Labute approximate surface area is 196 Å². The van der Waals surface area contributed by atoms with E-state index in [9.17, 15) is 14.0 Å². The van der Waals surface area contributed by atoms with Crippen LogP contribution in [0.1, 0.15) is 25.7 Å². The third-order valence-corrected chi connectivity index (χ3v) is 7.38. The highest BCUT2D eigenvalue weighted by atomic mass is 32.2. The third-order valence-electron chi connectivity index (χ3n) is 6.42. The first kappa shape index (κ1) is 22.3. The summed E-state index contributed by atoms with van der Waals surface area (Å²) in [7, 11) is 0. The average Bonchev–Trinajstić information content (AvgIpc) is 3.43. The van der Waals surface area contributed by atoms with Gasteiger partial charge in [-0.1, -0.05) is 11.8 Å². The van der Waals surface area contributed by atoms with Crippen LogP contribution in [-0.2, 0) is 20.9 Å². The van der Waals surface area contributed by atoms with Crippen LogP contribution < -0.4 is 0 Å². The Kier molecular flexibility index (Phi) is 6.64. The number of carbonyl (C=O) groups is 2. The number of rotatable bonds is 7. The minimum atomic E-state index is -0.303. The first-order valence-electron chi connectivity index (χ1n) is 11.6. The van der Waals surface area contributed by atoms with Gasteiger partial charge in [0, 0.05) is 44.3 Å². The number of aromatic nitrogens is 3. The minimum Gasteiger partial charge on any atom is -0.376 e. The molecule has 1 atom stereocenters. The normalized spacial score (nSPS) is 20.9. The van der Waals surface area contributed by atoms with Crippen LogP contribution >= 0.6 is 11.8 Å². The Morgan fingerprint density at radius 1 is 1.03 bits per heavy atom. The quantitative estimate of drug-likeness (QED) is 0.575. The Morgan fingerprint density at radius 2 is 1.76 bits per heavy atom. The fourth-order valence-corrected chi connectivity index (χ4v) is 5.20. The van der Waals surface area contributed by atoms with Crippen molar-refractivity contribution in [2.75, 3.05) is 38.5 Å². The van der Waals surface area contributed by atoms with Crippen LogP contribution in [0, 0.1) is 11.7 Å². The summed E-state index contributed by atoms with van der Waals surface area (Å²) in [6.07, 6.45) is 4.07. The maximum Gasteiger partial charge on any atom is 0.233 e. The van der Waals surface area contributed by atoms with Gasteiger partial charge in [0.25, 0.3) is 0 Å². The van der Waals surface area contributed by atoms with E-state index in [1.54, 1.807) is 12.1 Å². The Morgan fingerprint density at radius 3 is 2.42 bits per heavy atom. The van der Waals surface area contributed by atoms with Gasteiger partial charge in [0.2, 0.25) is 11.8 Å². The van der Waals surface area contributed by atoms with Crippen LogP contribution in [0.25, 0.3) is 11.4 Å². The molecule has 2 amide bonds. The molecule has 3 fully saturated rings. The van der Waals surface area contributed by atoms with Crippen LogP contribution in [0.3, 0.4) is 0 Å². The summed E-state index contributed by atoms with van der Waals surface area (Å²) in [5.74, 6) is 1.09. The molecule has 8 nitrogen and oxygen atoms in total. The van der Waals surface area contributed by atoms with Crippen molar-refractivity contribution in [3.63, 3.8) is 0 Å². The summed E-state index contributed by atoms with van der Waals surface area (Å²) in [6, 6.07) is 6.19. The van der Waals surface area contributed by atoms with Gasteiger partial charge in [-0.05, 0) is 49.9 Å². The largest absolute Gasteiger partial charge is 0.376 e. The van der Waals surface area contributed by atoms with E-state index in [2.05, 4.69) is 10.2 Å². The standard InChI is InChI=1S/C23H28FN5O3S/c24-18-7-5-16(6-8-18)21-25-26-23(29(21)14-19-2-1-13-32-19)33-15-20(30)27-9-11-28(12-10-27)22(31)17-3-4-17/h5-8,17,19H,1-4,9-15H2/t19-/m1/s1. The fraction of sp³-hybridized carbons (Fsp3) is 0.565. The van der Waals surface area contributed by atoms with Crippen molar-refractivity contribution in [1.82, 2.24) is 24.6 Å². The minimum absolute atomic E-state index is 0.0357. The molecule has 2 aromatic rings. The second kappa shape index (κ2) is 9.80. The van der Waals surface area contributed by atoms with Crippen molar-refractivity contribution in [1.29, 1.82) is 0 Å². The number of hydrogen-bond acceptors (Lipinski definition) is 6. The summed E-state index contributed by atoms with van der Waals surface area (Å²) in [4.78, 5) is 28.8. The zero-order valence-corrected chi connectivity index (χ0v) is 19.3. The van der Waals surface area contributed by atoms with Gasteiger partial charge in [0.05, 0.1) is 18.4 Å². The van der Waals surface area contributed by atoms with Crippen LogP contribution in [0.2, 0.25) is 0 Å². The first-order chi connectivity index (χ1) is 16.1. The van der Waals surface area contributed by atoms with E-state index in [1.165, 1.54) is 23.9 Å². The maximum atomic E-state index is 13.4. The van der Waals surface area contributed by atoms with Gasteiger partial charge >= 0.3 is 0 Å². The van der Waals surface area contributed by atoms with Gasteiger partial charge in [-0.2, -0.15) is 0 Å². The number of amides is 2. The van der Waals surface area contributed by atoms with Crippen molar-refractivity contribution in [3.05, 3.63) is 30.1 Å². The molecule has 3 heterocycles. The predicted octanol–water partition coefficient (Wildman–Crippen LogP) is 2.44. The molecule has 0 unspecified atom stereocenters. The number of thioether (sulfide) groups is 1. The van der Waals surface area contributed by atoms with Gasteiger partial charge in [-0.3, -0.25) is 14.2 Å². The molecule has 33 heavy (non-hydrogen) atoms. The topological polar surface area (TPSA) is 80.6 Å². The number of hydrogen-bond donors (Lipinski definition) is 0. The Balaban J connectivity index is 1.23. The molecule has 3 aliphatic rings. The summed E-state index contributed by atoms with van der Waals surface area (Å²) >= 11 is 1.36. The number of ether oxygens (including phenoxy) is 1. The summed E-state index contributed by atoms with van der Waals surface area (Å²) in [5.41, 5.74) is 0.775. The summed E-state index contributed by atoms with van der Waals surface area (Å²) < 4.78 is 21.2. The Hall–Kier alpha value is -2.46. The molecule has 2 aliphatic heterocycles. The number of carbonyl (C=O) groups excluding carboxylic acids is 2. The van der Waals surface area contributed by atoms with E-state index in [4.69, 9.17) is 4.74 Å². The number of nitrogens with zero attached hydrogens (tertiary/aromatic N) is 5. The molecule has 0 bridgehead atoms. The van der Waals surface area contributed by atoms with Crippen LogP contribution in [0.15, 0.2) is 29.4 Å². The van der Waals surface area contributed by atoms with Crippen molar-refractivity contribution in [2.45, 2.75) is 43.5 Å². The van der Waals surface area contributed by atoms with E-state index in [1.807, 2.05) is 14.4 Å². The van der Waals surface area contributed by atoms with Crippen molar-refractivity contribution in [3.8, 4) is 11.4 Å². The molecule has 1 saturated carbocycles. The predicted molar refractivity (Wildman–Crippen MR) is 121 cm³/mol. The van der Waals surface area contributed by atoms with E-state index in [0.29, 0.717) is 43.7 Å². The number of halogens is 1. The summed E-state index contributed by atoms with van der Waals surface area (Å²) in [6.45, 7) is 3.70. The number of piperazine rings is 1. The lowest BCUT2D eigenvalue weighted by molar-refractivity contribution is -0.139. The summed E-state index contributed by atoms with van der Waals surface area (Å²) in [5, 5.41) is 9.34. The molecular formula is C23H28FN5O3S. The van der Waals surface area contributed by atoms with Crippen LogP contribution in [-0.4, -0.2) is 81.0 Å². The maximum absolute atomic E-state index is 13.4. The SMILES string of the molecule is O=C(CSc1nnc(-c2ccc(F)cc2)n1C[C@H]1CCCO1)N1CCN(C(=O)C2CC2)CC1. The zero-order valence-electron chi connectivity index (χ0n) is 18.5. The van der Waals surface area contributed by atoms with Crippen LogP contribution in [0.4, 0.5) is 4.39 Å². The molecule has 1 aliphatic carbocycles. The molecule has 1 aromatic carbocycles. The fourth-order valence-electron chi connectivity index (χ4n) is 4.35. The first-order valence-corrected chi connectivity index (χ1v) is 12.6. The molecular weight excluding hydrogens is 445 g/mol. The third kappa shape index (κ3) is 5.22. The molecule has 0 spiro atoms. The molecule has 176 valence electrons. The highest BCUT2D eigenvalue weighted by Crippen LogP contribution is 2.31.